The van der Waals surface area contributed by atoms with Crippen LogP contribution in [0.1, 0.15) is 11.1 Å². The number of thiocarbonyl (C=S) groups is 1. The Balaban J connectivity index is 2.96. The van der Waals surface area contributed by atoms with E-state index in [1.54, 1.807) is 7.11 Å². The Morgan fingerprint density at radius 2 is 2.12 bits per heavy atom. The van der Waals surface area contributed by atoms with Crippen molar-refractivity contribution in [3.8, 4) is 5.75 Å². The molecule has 4 heteroatoms. The lowest BCUT2D eigenvalue weighted by Gasteiger charge is -2.14. The minimum absolute atomic E-state index is 0.515. The summed E-state index contributed by atoms with van der Waals surface area (Å²) in [4.78, 5) is 2.61. The monoisotopic (exact) mass is 238 g/mol. The van der Waals surface area contributed by atoms with Crippen molar-refractivity contribution in [1.29, 1.82) is 0 Å². The molecule has 88 valence electrons. The number of rotatable bonds is 5. The number of nitrogens with zero attached hydrogens (tertiary/aromatic N) is 1. The van der Waals surface area contributed by atoms with Crippen LogP contribution in [0.15, 0.2) is 18.2 Å². The first kappa shape index (κ1) is 12.9. The normalized spacial score (nSPS) is 10.5. The lowest BCUT2D eigenvalue weighted by molar-refractivity contribution is 0.371. The smallest absolute Gasteiger partial charge is 0.123 e. The van der Waals surface area contributed by atoms with Gasteiger partial charge in [0.05, 0.1) is 12.1 Å². The zero-order valence-corrected chi connectivity index (χ0v) is 10.8. The van der Waals surface area contributed by atoms with Gasteiger partial charge in [-0.3, -0.25) is 0 Å². The molecule has 0 aliphatic carbocycles. The van der Waals surface area contributed by atoms with Crippen molar-refractivity contribution in [3.05, 3.63) is 29.3 Å². The number of hydrogen-bond acceptors (Lipinski definition) is 3. The number of ether oxygens (including phenoxy) is 1. The molecule has 0 heterocycles. The van der Waals surface area contributed by atoms with Crippen molar-refractivity contribution < 1.29 is 4.74 Å². The SMILES string of the molecule is COc1ccc(CC(N)=S)cc1CN(C)C. The summed E-state index contributed by atoms with van der Waals surface area (Å²) < 4.78 is 5.32. The molecule has 0 aliphatic heterocycles. The molecule has 0 radical (unpaired) electrons. The highest BCUT2D eigenvalue weighted by atomic mass is 32.1. The molecule has 0 aromatic heterocycles. The molecule has 0 atom stereocenters. The van der Waals surface area contributed by atoms with E-state index in [9.17, 15) is 0 Å². The fourth-order valence-corrected chi connectivity index (χ4v) is 1.77. The Bertz CT molecular complexity index is 377. The van der Waals surface area contributed by atoms with Crippen LogP contribution in [0.4, 0.5) is 0 Å². The second kappa shape index (κ2) is 5.82. The number of benzene rings is 1. The molecule has 0 spiro atoms. The van der Waals surface area contributed by atoms with Crippen molar-refractivity contribution in [1.82, 2.24) is 4.90 Å². The molecular formula is C12H18N2OS. The van der Waals surface area contributed by atoms with Gasteiger partial charge >= 0.3 is 0 Å². The lowest BCUT2D eigenvalue weighted by atomic mass is 10.1. The Morgan fingerprint density at radius 1 is 1.44 bits per heavy atom. The zero-order valence-electron chi connectivity index (χ0n) is 9.99. The van der Waals surface area contributed by atoms with Crippen LogP contribution < -0.4 is 10.5 Å². The van der Waals surface area contributed by atoms with Gasteiger partial charge in [0.2, 0.25) is 0 Å². The van der Waals surface area contributed by atoms with Crippen molar-refractivity contribution in [3.63, 3.8) is 0 Å². The average Bonchev–Trinajstić information content (AvgIpc) is 2.16. The van der Waals surface area contributed by atoms with Gasteiger partial charge in [0, 0.05) is 18.5 Å². The fourth-order valence-electron chi connectivity index (χ4n) is 1.61. The Hall–Kier alpha value is -1.13. The molecule has 2 N–H and O–H groups in total. The topological polar surface area (TPSA) is 38.5 Å². The van der Waals surface area contributed by atoms with E-state index < -0.39 is 0 Å². The summed E-state index contributed by atoms with van der Waals surface area (Å²) >= 11 is 4.91. The maximum Gasteiger partial charge on any atom is 0.123 e. The summed E-state index contributed by atoms with van der Waals surface area (Å²) in [6, 6.07) is 6.06. The van der Waals surface area contributed by atoms with E-state index in [0.717, 1.165) is 23.4 Å². The molecule has 0 unspecified atom stereocenters. The molecule has 1 aromatic rings. The minimum Gasteiger partial charge on any atom is -0.496 e. The summed E-state index contributed by atoms with van der Waals surface area (Å²) in [6.07, 6.45) is 0.639. The average molecular weight is 238 g/mol. The first-order chi connectivity index (χ1) is 7.52. The second-order valence-electron chi connectivity index (χ2n) is 4.03. The lowest BCUT2D eigenvalue weighted by Crippen LogP contribution is -2.14. The van der Waals surface area contributed by atoms with Gasteiger partial charge in [0.25, 0.3) is 0 Å². The van der Waals surface area contributed by atoms with Gasteiger partial charge in [-0.25, -0.2) is 0 Å². The summed E-state index contributed by atoms with van der Waals surface area (Å²) in [6.45, 7) is 0.842. The van der Waals surface area contributed by atoms with E-state index in [2.05, 4.69) is 11.0 Å². The Morgan fingerprint density at radius 3 is 2.62 bits per heavy atom. The van der Waals surface area contributed by atoms with E-state index in [1.807, 2.05) is 26.2 Å². The van der Waals surface area contributed by atoms with Crippen molar-refractivity contribution in [2.75, 3.05) is 21.2 Å². The first-order valence-corrected chi connectivity index (χ1v) is 5.52. The molecule has 0 fully saturated rings. The molecule has 0 saturated carbocycles. The van der Waals surface area contributed by atoms with E-state index >= 15 is 0 Å². The van der Waals surface area contributed by atoms with Gasteiger partial charge in [-0.05, 0) is 25.7 Å². The van der Waals surface area contributed by atoms with Crippen LogP contribution >= 0.6 is 12.2 Å². The summed E-state index contributed by atoms with van der Waals surface area (Å²) in [7, 11) is 5.74. The molecule has 0 aliphatic rings. The van der Waals surface area contributed by atoms with Crippen LogP contribution in [-0.4, -0.2) is 31.1 Å². The van der Waals surface area contributed by atoms with Gasteiger partial charge in [-0.2, -0.15) is 0 Å². The maximum absolute atomic E-state index is 5.54. The van der Waals surface area contributed by atoms with Gasteiger partial charge in [-0.1, -0.05) is 24.4 Å². The summed E-state index contributed by atoms with van der Waals surface area (Å²) in [5.74, 6) is 0.903. The molecule has 0 amide bonds. The largest absolute Gasteiger partial charge is 0.496 e. The maximum atomic E-state index is 5.54. The molecule has 1 rings (SSSR count). The van der Waals surface area contributed by atoms with Crippen LogP contribution in [0.25, 0.3) is 0 Å². The van der Waals surface area contributed by atoms with E-state index in [1.165, 1.54) is 0 Å². The van der Waals surface area contributed by atoms with Gasteiger partial charge < -0.3 is 15.4 Å². The van der Waals surface area contributed by atoms with Crippen LogP contribution in [0.3, 0.4) is 0 Å². The standard InChI is InChI=1S/C12H18N2OS/c1-14(2)8-10-6-9(7-12(13)16)4-5-11(10)15-3/h4-6H,7-8H2,1-3H3,(H2,13,16). The Kier molecular flexibility index (Phi) is 4.71. The van der Waals surface area contributed by atoms with Gasteiger partial charge in [0.15, 0.2) is 0 Å². The van der Waals surface area contributed by atoms with Crippen LogP contribution in [0.5, 0.6) is 5.75 Å². The van der Waals surface area contributed by atoms with E-state index in [4.69, 9.17) is 22.7 Å². The highest BCUT2D eigenvalue weighted by Gasteiger charge is 2.06. The first-order valence-electron chi connectivity index (χ1n) is 5.11. The highest BCUT2D eigenvalue weighted by Crippen LogP contribution is 2.21. The third kappa shape index (κ3) is 3.79. The number of hydrogen-bond donors (Lipinski definition) is 1. The molecule has 0 bridgehead atoms. The third-order valence-electron chi connectivity index (χ3n) is 2.21. The van der Waals surface area contributed by atoms with Crippen molar-refractivity contribution in [2.45, 2.75) is 13.0 Å². The number of methoxy groups -OCH3 is 1. The van der Waals surface area contributed by atoms with E-state index in [0.29, 0.717) is 11.4 Å². The Labute approximate surface area is 102 Å². The van der Waals surface area contributed by atoms with Crippen LogP contribution in [0.2, 0.25) is 0 Å². The molecular weight excluding hydrogens is 220 g/mol. The van der Waals surface area contributed by atoms with Crippen LogP contribution in [-0.2, 0) is 13.0 Å². The summed E-state index contributed by atoms with van der Waals surface area (Å²) in [5.41, 5.74) is 7.82. The van der Waals surface area contributed by atoms with Gasteiger partial charge in [0.1, 0.15) is 5.75 Å². The second-order valence-corrected chi connectivity index (χ2v) is 4.55. The number of nitrogens with two attached hydrogens (primary N) is 1. The quantitative estimate of drug-likeness (QED) is 0.791. The van der Waals surface area contributed by atoms with Crippen molar-refractivity contribution in [2.24, 2.45) is 5.73 Å². The molecule has 3 nitrogen and oxygen atoms in total. The summed E-state index contributed by atoms with van der Waals surface area (Å²) in [5, 5.41) is 0. The van der Waals surface area contributed by atoms with Crippen LogP contribution in [0, 0.1) is 0 Å². The third-order valence-corrected chi connectivity index (χ3v) is 2.35. The zero-order chi connectivity index (χ0) is 12.1. The predicted molar refractivity (Wildman–Crippen MR) is 70.9 cm³/mol. The fraction of sp³-hybridized carbons (Fsp3) is 0.417. The minimum atomic E-state index is 0.515. The molecule has 16 heavy (non-hydrogen) atoms. The molecule has 0 saturated heterocycles. The molecule has 1 aromatic carbocycles. The predicted octanol–water partition coefficient (Wildman–Crippen LogP) is 1.59. The highest BCUT2D eigenvalue weighted by molar-refractivity contribution is 7.80. The van der Waals surface area contributed by atoms with E-state index in [-0.39, 0.29) is 0 Å². The van der Waals surface area contributed by atoms with Crippen molar-refractivity contribution >= 4 is 17.2 Å². The van der Waals surface area contributed by atoms with Gasteiger partial charge in [-0.15, -0.1) is 0 Å².